The molecule has 0 radical (unpaired) electrons. The van der Waals surface area contributed by atoms with Gasteiger partial charge >= 0.3 is 5.97 Å². The molecular formula is C11H20N2O3. The van der Waals surface area contributed by atoms with Crippen molar-refractivity contribution in [1.82, 2.24) is 5.32 Å². The van der Waals surface area contributed by atoms with Crippen LogP contribution in [0.2, 0.25) is 0 Å². The molecule has 2 unspecified atom stereocenters. The molecule has 1 aliphatic carbocycles. The third-order valence-corrected chi connectivity index (χ3v) is 2.95. The first-order valence-electron chi connectivity index (χ1n) is 5.84. The Balaban J connectivity index is 2.16. The number of hydrogen-bond acceptors (Lipinski definition) is 3. The van der Waals surface area contributed by atoms with Gasteiger partial charge in [0.2, 0.25) is 5.91 Å². The standard InChI is InChI=1S/C11H20N2O3/c12-9-4-1-3-8(7-9)11(16)13-6-2-5-10(14)15/h8-9H,1-7,12H2,(H,13,16)(H,14,15). The van der Waals surface area contributed by atoms with Gasteiger partial charge < -0.3 is 16.2 Å². The van der Waals surface area contributed by atoms with Gasteiger partial charge in [-0.1, -0.05) is 6.42 Å². The van der Waals surface area contributed by atoms with Crippen LogP contribution in [0.4, 0.5) is 0 Å². The zero-order valence-corrected chi connectivity index (χ0v) is 9.45. The average Bonchev–Trinajstić information content (AvgIpc) is 2.24. The molecular weight excluding hydrogens is 208 g/mol. The second-order valence-corrected chi connectivity index (χ2v) is 4.41. The van der Waals surface area contributed by atoms with E-state index in [0.717, 1.165) is 25.7 Å². The van der Waals surface area contributed by atoms with Crippen molar-refractivity contribution >= 4 is 11.9 Å². The van der Waals surface area contributed by atoms with Crippen LogP contribution in [0.3, 0.4) is 0 Å². The van der Waals surface area contributed by atoms with Crippen LogP contribution in [0.25, 0.3) is 0 Å². The molecule has 92 valence electrons. The van der Waals surface area contributed by atoms with Crippen molar-refractivity contribution in [1.29, 1.82) is 0 Å². The predicted molar refractivity (Wildman–Crippen MR) is 59.8 cm³/mol. The molecule has 0 aromatic carbocycles. The van der Waals surface area contributed by atoms with Crippen LogP contribution in [0, 0.1) is 5.92 Å². The summed E-state index contributed by atoms with van der Waals surface area (Å²) in [5.41, 5.74) is 5.80. The van der Waals surface area contributed by atoms with Gasteiger partial charge in [0.1, 0.15) is 0 Å². The van der Waals surface area contributed by atoms with Crippen molar-refractivity contribution in [3.05, 3.63) is 0 Å². The summed E-state index contributed by atoms with van der Waals surface area (Å²) in [6.45, 7) is 0.441. The van der Waals surface area contributed by atoms with E-state index in [9.17, 15) is 9.59 Å². The summed E-state index contributed by atoms with van der Waals surface area (Å²) in [6, 6.07) is 0.142. The normalized spacial score (nSPS) is 25.1. The maximum atomic E-state index is 11.7. The number of nitrogens with two attached hydrogens (primary N) is 1. The molecule has 5 heteroatoms. The van der Waals surface area contributed by atoms with E-state index in [2.05, 4.69) is 5.32 Å². The summed E-state index contributed by atoms with van der Waals surface area (Å²) in [5, 5.41) is 11.2. The van der Waals surface area contributed by atoms with Crippen molar-refractivity contribution in [2.24, 2.45) is 11.7 Å². The summed E-state index contributed by atoms with van der Waals surface area (Å²) in [4.78, 5) is 21.9. The Bertz CT molecular complexity index is 256. The van der Waals surface area contributed by atoms with Gasteiger partial charge in [0.05, 0.1) is 0 Å². The summed E-state index contributed by atoms with van der Waals surface area (Å²) in [5.74, 6) is -0.775. The number of amides is 1. The molecule has 4 N–H and O–H groups in total. The third-order valence-electron chi connectivity index (χ3n) is 2.95. The number of aliphatic carboxylic acids is 1. The Labute approximate surface area is 95.4 Å². The van der Waals surface area contributed by atoms with Gasteiger partial charge in [-0.15, -0.1) is 0 Å². The highest BCUT2D eigenvalue weighted by Gasteiger charge is 2.24. The molecule has 1 saturated carbocycles. The van der Waals surface area contributed by atoms with E-state index in [1.807, 2.05) is 0 Å². The Morgan fingerprint density at radius 3 is 2.75 bits per heavy atom. The zero-order chi connectivity index (χ0) is 12.0. The molecule has 0 spiro atoms. The summed E-state index contributed by atoms with van der Waals surface area (Å²) in [6.07, 6.45) is 4.25. The van der Waals surface area contributed by atoms with Gasteiger partial charge in [-0.05, 0) is 25.7 Å². The number of carbonyl (C=O) groups is 2. The van der Waals surface area contributed by atoms with Crippen molar-refractivity contribution in [2.75, 3.05) is 6.54 Å². The average molecular weight is 228 g/mol. The molecule has 1 rings (SSSR count). The summed E-state index contributed by atoms with van der Waals surface area (Å²) < 4.78 is 0. The fraction of sp³-hybridized carbons (Fsp3) is 0.818. The summed E-state index contributed by atoms with van der Waals surface area (Å²) in [7, 11) is 0. The van der Waals surface area contributed by atoms with Crippen molar-refractivity contribution in [2.45, 2.75) is 44.6 Å². The number of carbonyl (C=O) groups excluding carboxylic acids is 1. The zero-order valence-electron chi connectivity index (χ0n) is 9.45. The van der Waals surface area contributed by atoms with Crippen molar-refractivity contribution < 1.29 is 14.7 Å². The molecule has 1 fully saturated rings. The topological polar surface area (TPSA) is 92.4 Å². The highest BCUT2D eigenvalue weighted by atomic mass is 16.4. The number of carboxylic acids is 1. The van der Waals surface area contributed by atoms with E-state index in [0.29, 0.717) is 13.0 Å². The summed E-state index contributed by atoms with van der Waals surface area (Å²) >= 11 is 0. The molecule has 2 atom stereocenters. The van der Waals surface area contributed by atoms with E-state index in [1.54, 1.807) is 0 Å². The lowest BCUT2D eigenvalue weighted by Gasteiger charge is -2.25. The number of nitrogens with one attached hydrogen (secondary N) is 1. The highest BCUT2D eigenvalue weighted by Crippen LogP contribution is 2.22. The second kappa shape index (κ2) is 6.48. The molecule has 0 aromatic heterocycles. The molecule has 0 aliphatic heterocycles. The Morgan fingerprint density at radius 1 is 1.38 bits per heavy atom. The number of rotatable bonds is 5. The molecule has 0 bridgehead atoms. The number of hydrogen-bond donors (Lipinski definition) is 3. The smallest absolute Gasteiger partial charge is 0.303 e. The predicted octanol–water partition coefficient (Wildman–Crippen LogP) is 0.485. The van der Waals surface area contributed by atoms with Crippen molar-refractivity contribution in [3.8, 4) is 0 Å². The third kappa shape index (κ3) is 4.61. The lowest BCUT2D eigenvalue weighted by Crippen LogP contribution is -2.38. The van der Waals surface area contributed by atoms with Gasteiger partial charge in [-0.25, -0.2) is 0 Å². The van der Waals surface area contributed by atoms with Crippen LogP contribution < -0.4 is 11.1 Å². The lowest BCUT2D eigenvalue weighted by molar-refractivity contribution is -0.137. The van der Waals surface area contributed by atoms with Gasteiger partial charge in [0, 0.05) is 24.9 Å². The molecule has 1 amide bonds. The monoisotopic (exact) mass is 228 g/mol. The second-order valence-electron chi connectivity index (χ2n) is 4.41. The molecule has 0 saturated heterocycles. The molecule has 5 nitrogen and oxygen atoms in total. The van der Waals surface area contributed by atoms with Crippen LogP contribution in [-0.4, -0.2) is 29.6 Å². The van der Waals surface area contributed by atoms with Gasteiger partial charge in [0.15, 0.2) is 0 Å². The van der Waals surface area contributed by atoms with Crippen molar-refractivity contribution in [3.63, 3.8) is 0 Å². The first-order valence-corrected chi connectivity index (χ1v) is 5.84. The number of carboxylic acid groups (broad SMARTS) is 1. The van der Waals surface area contributed by atoms with Crippen LogP contribution in [0.15, 0.2) is 0 Å². The lowest BCUT2D eigenvalue weighted by atomic mass is 9.85. The van der Waals surface area contributed by atoms with E-state index in [4.69, 9.17) is 10.8 Å². The van der Waals surface area contributed by atoms with Crippen LogP contribution in [-0.2, 0) is 9.59 Å². The van der Waals surface area contributed by atoms with Gasteiger partial charge in [-0.2, -0.15) is 0 Å². The maximum absolute atomic E-state index is 11.7. The quantitative estimate of drug-likeness (QED) is 0.597. The first kappa shape index (κ1) is 13.0. The fourth-order valence-electron chi connectivity index (χ4n) is 2.06. The van der Waals surface area contributed by atoms with E-state index >= 15 is 0 Å². The Kier molecular flexibility index (Phi) is 5.25. The Hall–Kier alpha value is -1.10. The highest BCUT2D eigenvalue weighted by molar-refractivity contribution is 5.78. The van der Waals surface area contributed by atoms with Gasteiger partial charge in [0.25, 0.3) is 0 Å². The minimum absolute atomic E-state index is 0.0218. The van der Waals surface area contributed by atoms with Crippen LogP contribution in [0.1, 0.15) is 38.5 Å². The molecule has 0 aromatic rings. The minimum Gasteiger partial charge on any atom is -0.481 e. The minimum atomic E-state index is -0.825. The molecule has 16 heavy (non-hydrogen) atoms. The molecule has 0 heterocycles. The Morgan fingerprint density at radius 2 is 2.12 bits per heavy atom. The van der Waals surface area contributed by atoms with Crippen LogP contribution >= 0.6 is 0 Å². The van der Waals surface area contributed by atoms with E-state index in [1.165, 1.54) is 0 Å². The molecule has 1 aliphatic rings. The first-order chi connectivity index (χ1) is 7.59. The maximum Gasteiger partial charge on any atom is 0.303 e. The van der Waals surface area contributed by atoms with E-state index < -0.39 is 5.97 Å². The van der Waals surface area contributed by atoms with E-state index in [-0.39, 0.29) is 24.3 Å². The van der Waals surface area contributed by atoms with Gasteiger partial charge in [-0.3, -0.25) is 9.59 Å². The fourth-order valence-corrected chi connectivity index (χ4v) is 2.06. The largest absolute Gasteiger partial charge is 0.481 e. The van der Waals surface area contributed by atoms with Crippen LogP contribution in [0.5, 0.6) is 0 Å². The SMILES string of the molecule is NC1CCCC(C(=O)NCCCC(=O)O)C1.